The molecule has 0 saturated carbocycles. The number of aryl methyl sites for hydroxylation is 2. The van der Waals surface area contributed by atoms with Crippen LogP contribution in [0.15, 0.2) is 47.4 Å². The molecule has 28 heavy (non-hydrogen) atoms. The summed E-state index contributed by atoms with van der Waals surface area (Å²) in [6.45, 7) is 7.79. The first-order valence-electron chi connectivity index (χ1n) is 8.99. The van der Waals surface area contributed by atoms with Gasteiger partial charge in [-0.2, -0.15) is 0 Å². The number of rotatable bonds is 4. The van der Waals surface area contributed by atoms with Crippen LogP contribution in [-0.2, 0) is 10.0 Å². The number of nitrogens with zero attached hydrogens (tertiary/aromatic N) is 1. The van der Waals surface area contributed by atoms with Gasteiger partial charge in [-0.15, -0.1) is 12.4 Å². The molecule has 6 nitrogen and oxygen atoms in total. The van der Waals surface area contributed by atoms with Gasteiger partial charge in [0.25, 0.3) is 15.9 Å². The molecule has 1 unspecified atom stereocenters. The van der Waals surface area contributed by atoms with Crippen LogP contribution in [0.2, 0.25) is 0 Å². The van der Waals surface area contributed by atoms with Crippen molar-refractivity contribution in [3.05, 3.63) is 59.2 Å². The molecule has 2 N–H and O–H groups in total. The van der Waals surface area contributed by atoms with E-state index in [9.17, 15) is 13.2 Å². The summed E-state index contributed by atoms with van der Waals surface area (Å²) in [4.78, 5) is 14.7. The Morgan fingerprint density at radius 3 is 2.46 bits per heavy atom. The van der Waals surface area contributed by atoms with Gasteiger partial charge in [-0.05, 0) is 62.2 Å². The Morgan fingerprint density at radius 1 is 1.14 bits per heavy atom. The number of carbonyl (C=O) groups excluding carboxylic acids is 1. The third-order valence-electron chi connectivity index (χ3n) is 4.67. The molecule has 1 aliphatic heterocycles. The molecule has 0 spiro atoms. The molecule has 1 amide bonds. The van der Waals surface area contributed by atoms with E-state index in [1.54, 1.807) is 43.3 Å². The molecule has 0 radical (unpaired) electrons. The maximum absolute atomic E-state index is 12.7. The van der Waals surface area contributed by atoms with Crippen LogP contribution in [0.3, 0.4) is 0 Å². The summed E-state index contributed by atoms with van der Waals surface area (Å²) >= 11 is 0. The first-order valence-corrected chi connectivity index (χ1v) is 10.5. The number of hydrogen-bond acceptors (Lipinski definition) is 4. The lowest BCUT2D eigenvalue weighted by Crippen LogP contribution is -2.51. The molecule has 0 aliphatic carbocycles. The van der Waals surface area contributed by atoms with Gasteiger partial charge in [0.05, 0.1) is 4.90 Å². The number of carbonyl (C=O) groups is 1. The third-order valence-corrected chi connectivity index (χ3v) is 6.20. The van der Waals surface area contributed by atoms with Crippen molar-refractivity contribution in [2.45, 2.75) is 31.7 Å². The van der Waals surface area contributed by atoms with Gasteiger partial charge >= 0.3 is 0 Å². The molecule has 0 aromatic heterocycles. The van der Waals surface area contributed by atoms with E-state index in [1.807, 2.05) is 24.8 Å². The lowest BCUT2D eigenvalue weighted by atomic mass is 10.1. The normalized spacial score (nSPS) is 17.0. The van der Waals surface area contributed by atoms with Crippen molar-refractivity contribution in [2.75, 3.05) is 24.4 Å². The maximum atomic E-state index is 12.7. The summed E-state index contributed by atoms with van der Waals surface area (Å²) < 4.78 is 28.0. The van der Waals surface area contributed by atoms with Crippen molar-refractivity contribution in [3.8, 4) is 0 Å². The Kier molecular flexibility index (Phi) is 7.09. The van der Waals surface area contributed by atoms with Crippen LogP contribution in [0.1, 0.15) is 28.4 Å². The predicted molar refractivity (Wildman–Crippen MR) is 114 cm³/mol. The highest BCUT2D eigenvalue weighted by molar-refractivity contribution is 7.92. The molecule has 1 atom stereocenters. The third kappa shape index (κ3) is 5.04. The number of anilines is 1. The lowest BCUT2D eigenvalue weighted by Gasteiger charge is -2.32. The SMILES string of the molecule is Cc1ccc(C)c(S(=O)(=O)Nc2ccc(C(=O)N3CCNC(C)C3)cc2)c1.Cl. The topological polar surface area (TPSA) is 78.5 Å². The largest absolute Gasteiger partial charge is 0.336 e. The smallest absolute Gasteiger partial charge is 0.262 e. The van der Waals surface area contributed by atoms with Crippen LogP contribution in [0.4, 0.5) is 5.69 Å². The average molecular weight is 424 g/mol. The van der Waals surface area contributed by atoms with Crippen LogP contribution in [0.5, 0.6) is 0 Å². The monoisotopic (exact) mass is 423 g/mol. The molecule has 3 rings (SSSR count). The minimum Gasteiger partial charge on any atom is -0.336 e. The van der Waals surface area contributed by atoms with Gasteiger partial charge in [-0.25, -0.2) is 8.42 Å². The summed E-state index contributed by atoms with van der Waals surface area (Å²) in [7, 11) is -3.68. The second-order valence-electron chi connectivity index (χ2n) is 7.06. The highest BCUT2D eigenvalue weighted by atomic mass is 35.5. The van der Waals surface area contributed by atoms with Crippen LogP contribution < -0.4 is 10.0 Å². The molecular weight excluding hydrogens is 398 g/mol. The highest BCUT2D eigenvalue weighted by Crippen LogP contribution is 2.21. The molecule has 1 heterocycles. The van der Waals surface area contributed by atoms with Crippen LogP contribution >= 0.6 is 12.4 Å². The Morgan fingerprint density at radius 2 is 1.82 bits per heavy atom. The molecule has 1 fully saturated rings. The maximum Gasteiger partial charge on any atom is 0.262 e. The van der Waals surface area contributed by atoms with E-state index in [2.05, 4.69) is 10.0 Å². The Balaban J connectivity index is 0.00000280. The summed E-state index contributed by atoms with van der Waals surface area (Å²) in [5.74, 6) is -0.0349. The van der Waals surface area contributed by atoms with Crippen molar-refractivity contribution in [1.82, 2.24) is 10.2 Å². The summed E-state index contributed by atoms with van der Waals surface area (Å²) in [6.07, 6.45) is 0. The van der Waals surface area contributed by atoms with Gasteiger partial charge in [0.15, 0.2) is 0 Å². The summed E-state index contributed by atoms with van der Waals surface area (Å²) in [5, 5.41) is 3.31. The number of benzene rings is 2. The molecule has 2 aromatic carbocycles. The zero-order chi connectivity index (χ0) is 19.6. The molecule has 8 heteroatoms. The first-order chi connectivity index (χ1) is 12.8. The van der Waals surface area contributed by atoms with Crippen molar-refractivity contribution < 1.29 is 13.2 Å². The van der Waals surface area contributed by atoms with Gasteiger partial charge in [0.1, 0.15) is 0 Å². The van der Waals surface area contributed by atoms with E-state index >= 15 is 0 Å². The fraction of sp³-hybridized carbons (Fsp3) is 0.350. The van der Waals surface area contributed by atoms with E-state index in [1.165, 1.54) is 0 Å². The second-order valence-corrected chi connectivity index (χ2v) is 8.71. The van der Waals surface area contributed by atoms with E-state index in [0.29, 0.717) is 29.9 Å². The fourth-order valence-corrected chi connectivity index (χ4v) is 4.58. The summed E-state index contributed by atoms with van der Waals surface area (Å²) in [6, 6.07) is 12.2. The molecule has 2 aromatic rings. The van der Waals surface area contributed by atoms with Crippen molar-refractivity contribution >= 4 is 34.0 Å². The highest BCUT2D eigenvalue weighted by Gasteiger charge is 2.22. The standard InChI is InChI=1S/C20H25N3O3S.ClH/c1-14-4-5-15(2)19(12-14)27(25,26)22-18-8-6-17(7-9-18)20(24)23-11-10-21-16(3)13-23;/h4-9,12,16,21-22H,10-11,13H2,1-3H3;1H. The number of hydrogen-bond donors (Lipinski definition) is 2. The number of sulfonamides is 1. The van der Waals surface area contributed by atoms with Gasteiger partial charge in [-0.1, -0.05) is 12.1 Å². The van der Waals surface area contributed by atoms with E-state index < -0.39 is 10.0 Å². The van der Waals surface area contributed by atoms with Crippen molar-refractivity contribution in [1.29, 1.82) is 0 Å². The van der Waals surface area contributed by atoms with E-state index in [-0.39, 0.29) is 29.3 Å². The first kappa shape index (κ1) is 22.2. The lowest BCUT2D eigenvalue weighted by molar-refractivity contribution is 0.0709. The Hall–Kier alpha value is -2.09. The van der Waals surface area contributed by atoms with Crippen molar-refractivity contribution in [2.24, 2.45) is 0 Å². The van der Waals surface area contributed by atoms with Crippen LogP contribution in [0, 0.1) is 13.8 Å². The van der Waals surface area contributed by atoms with Crippen LogP contribution in [-0.4, -0.2) is 44.9 Å². The number of nitrogens with one attached hydrogen (secondary N) is 2. The van der Waals surface area contributed by atoms with Gasteiger partial charge in [0.2, 0.25) is 0 Å². The second kappa shape index (κ2) is 8.94. The summed E-state index contributed by atoms with van der Waals surface area (Å²) in [5.41, 5.74) is 2.56. The predicted octanol–water partition coefficient (Wildman–Crippen LogP) is 2.96. The minimum absolute atomic E-state index is 0. The van der Waals surface area contributed by atoms with Crippen molar-refractivity contribution in [3.63, 3.8) is 0 Å². The van der Waals surface area contributed by atoms with E-state index in [4.69, 9.17) is 0 Å². The Bertz CT molecular complexity index is 946. The number of amides is 1. The molecule has 0 bridgehead atoms. The molecule has 1 aliphatic rings. The fourth-order valence-electron chi connectivity index (χ4n) is 3.19. The molecule has 1 saturated heterocycles. The van der Waals surface area contributed by atoms with E-state index in [0.717, 1.165) is 12.1 Å². The van der Waals surface area contributed by atoms with Gasteiger partial charge in [-0.3, -0.25) is 9.52 Å². The van der Waals surface area contributed by atoms with Gasteiger partial charge < -0.3 is 10.2 Å². The number of piperazine rings is 1. The molecule has 152 valence electrons. The number of halogens is 1. The zero-order valence-corrected chi connectivity index (χ0v) is 17.9. The minimum atomic E-state index is -3.68. The molecular formula is C20H26ClN3O3S. The van der Waals surface area contributed by atoms with Crippen LogP contribution in [0.25, 0.3) is 0 Å². The Labute approximate surface area is 172 Å². The average Bonchev–Trinajstić information content (AvgIpc) is 2.63. The van der Waals surface area contributed by atoms with Gasteiger partial charge in [0, 0.05) is 36.9 Å². The quantitative estimate of drug-likeness (QED) is 0.792. The zero-order valence-electron chi connectivity index (χ0n) is 16.2.